The van der Waals surface area contributed by atoms with Gasteiger partial charge in [0.05, 0.1) is 12.0 Å². The standard InChI is InChI=1S/C18H18N2O4/c1-24-18-8-12-4-5-19-10-13-6-14(20(22)23)3-2-11(13)7-16(19)15(12)9-17(18)21/h2-3,6,8-9,16,21H,4-5,7,10H2,1H3. The van der Waals surface area contributed by atoms with Gasteiger partial charge in [0, 0.05) is 31.3 Å². The average molecular weight is 326 g/mol. The maximum atomic E-state index is 11.0. The molecular weight excluding hydrogens is 308 g/mol. The summed E-state index contributed by atoms with van der Waals surface area (Å²) < 4.78 is 5.21. The SMILES string of the molecule is COc1cc2c(cc1O)C1Cc3ccc([N+](=O)[O-])cc3CN1CC2. The molecule has 0 amide bonds. The fraction of sp³-hybridized carbons (Fsp3) is 0.333. The van der Waals surface area contributed by atoms with Crippen molar-refractivity contribution >= 4 is 5.69 Å². The van der Waals surface area contributed by atoms with Crippen LogP contribution >= 0.6 is 0 Å². The Balaban J connectivity index is 1.73. The molecule has 124 valence electrons. The monoisotopic (exact) mass is 326 g/mol. The van der Waals surface area contributed by atoms with E-state index in [1.807, 2.05) is 12.1 Å². The Labute approximate surface area is 139 Å². The second-order valence-corrected chi connectivity index (χ2v) is 6.37. The van der Waals surface area contributed by atoms with E-state index in [1.54, 1.807) is 25.3 Å². The fourth-order valence-electron chi connectivity index (χ4n) is 3.86. The molecule has 6 nitrogen and oxygen atoms in total. The van der Waals surface area contributed by atoms with Gasteiger partial charge in [0.2, 0.25) is 0 Å². The largest absolute Gasteiger partial charge is 0.504 e. The van der Waals surface area contributed by atoms with Gasteiger partial charge in [-0.1, -0.05) is 6.07 Å². The van der Waals surface area contributed by atoms with Crippen LogP contribution in [-0.4, -0.2) is 28.6 Å². The third kappa shape index (κ3) is 2.30. The lowest BCUT2D eigenvalue weighted by molar-refractivity contribution is -0.385. The summed E-state index contributed by atoms with van der Waals surface area (Å²) in [7, 11) is 1.56. The minimum absolute atomic E-state index is 0.145. The molecule has 0 bridgehead atoms. The van der Waals surface area contributed by atoms with Crippen molar-refractivity contribution in [2.45, 2.75) is 25.4 Å². The van der Waals surface area contributed by atoms with Crippen LogP contribution in [0.25, 0.3) is 0 Å². The number of nitro benzene ring substituents is 1. The van der Waals surface area contributed by atoms with Gasteiger partial charge in [-0.05, 0) is 47.2 Å². The van der Waals surface area contributed by atoms with Gasteiger partial charge < -0.3 is 9.84 Å². The van der Waals surface area contributed by atoms with Crippen LogP contribution in [0.3, 0.4) is 0 Å². The molecule has 0 aromatic heterocycles. The topological polar surface area (TPSA) is 75.8 Å². The summed E-state index contributed by atoms with van der Waals surface area (Å²) in [5.74, 6) is 0.668. The maximum absolute atomic E-state index is 11.0. The Morgan fingerprint density at radius 1 is 1.25 bits per heavy atom. The van der Waals surface area contributed by atoms with Crippen molar-refractivity contribution in [3.05, 3.63) is 62.7 Å². The number of ether oxygens (including phenoxy) is 1. The van der Waals surface area contributed by atoms with E-state index in [9.17, 15) is 15.2 Å². The molecule has 0 saturated heterocycles. The number of non-ortho nitro benzene ring substituents is 1. The molecule has 4 rings (SSSR count). The number of fused-ring (bicyclic) bond motifs is 4. The lowest BCUT2D eigenvalue weighted by atomic mass is 9.84. The number of nitrogens with zero attached hydrogens (tertiary/aromatic N) is 2. The highest BCUT2D eigenvalue weighted by molar-refractivity contribution is 5.50. The van der Waals surface area contributed by atoms with Gasteiger partial charge in [-0.15, -0.1) is 0 Å². The molecule has 1 atom stereocenters. The Morgan fingerprint density at radius 3 is 2.83 bits per heavy atom. The summed E-state index contributed by atoms with van der Waals surface area (Å²) in [4.78, 5) is 13.0. The summed E-state index contributed by atoms with van der Waals surface area (Å²) in [6.07, 6.45) is 1.68. The van der Waals surface area contributed by atoms with Crippen molar-refractivity contribution in [2.24, 2.45) is 0 Å². The highest BCUT2D eigenvalue weighted by Gasteiger charge is 2.33. The van der Waals surface area contributed by atoms with Gasteiger partial charge in [0.1, 0.15) is 0 Å². The molecule has 24 heavy (non-hydrogen) atoms. The third-order valence-electron chi connectivity index (χ3n) is 5.10. The zero-order chi connectivity index (χ0) is 16.8. The predicted molar refractivity (Wildman–Crippen MR) is 88.3 cm³/mol. The first-order valence-electron chi connectivity index (χ1n) is 7.97. The molecular formula is C18H18N2O4. The van der Waals surface area contributed by atoms with E-state index in [0.717, 1.165) is 36.1 Å². The van der Waals surface area contributed by atoms with Crippen LogP contribution in [0.5, 0.6) is 11.5 Å². The number of rotatable bonds is 2. The Morgan fingerprint density at radius 2 is 2.08 bits per heavy atom. The molecule has 2 aliphatic heterocycles. The first-order chi connectivity index (χ1) is 11.6. The van der Waals surface area contributed by atoms with E-state index < -0.39 is 0 Å². The number of phenolic OH excluding ortho intramolecular Hbond substituents is 1. The summed E-state index contributed by atoms with van der Waals surface area (Å²) in [5.41, 5.74) is 4.65. The summed E-state index contributed by atoms with van der Waals surface area (Å²) in [5, 5.41) is 21.1. The quantitative estimate of drug-likeness (QED) is 0.678. The second kappa shape index (κ2) is 5.49. The highest BCUT2D eigenvalue weighted by Crippen LogP contribution is 2.42. The van der Waals surface area contributed by atoms with E-state index in [0.29, 0.717) is 12.3 Å². The summed E-state index contributed by atoms with van der Waals surface area (Å²) in [6.45, 7) is 1.60. The summed E-state index contributed by atoms with van der Waals surface area (Å²) in [6, 6.07) is 9.05. The lowest BCUT2D eigenvalue weighted by Gasteiger charge is -2.41. The van der Waals surface area contributed by atoms with Crippen molar-refractivity contribution in [1.82, 2.24) is 4.90 Å². The Bertz CT molecular complexity index is 834. The molecule has 0 fully saturated rings. The van der Waals surface area contributed by atoms with Gasteiger partial charge in [-0.2, -0.15) is 0 Å². The van der Waals surface area contributed by atoms with Crippen molar-refractivity contribution in [1.29, 1.82) is 0 Å². The van der Waals surface area contributed by atoms with Crippen LogP contribution in [0, 0.1) is 10.1 Å². The van der Waals surface area contributed by atoms with Crippen molar-refractivity contribution in [3.63, 3.8) is 0 Å². The first-order valence-corrected chi connectivity index (χ1v) is 7.97. The number of phenols is 1. The maximum Gasteiger partial charge on any atom is 0.269 e. The molecule has 2 heterocycles. The normalized spacial score (nSPS) is 19.1. The van der Waals surface area contributed by atoms with Gasteiger partial charge in [-0.25, -0.2) is 0 Å². The molecule has 0 saturated carbocycles. The van der Waals surface area contributed by atoms with Crippen LogP contribution < -0.4 is 4.74 Å². The molecule has 1 N–H and O–H groups in total. The number of hydrogen-bond acceptors (Lipinski definition) is 5. The summed E-state index contributed by atoms with van der Waals surface area (Å²) >= 11 is 0. The molecule has 0 radical (unpaired) electrons. The Kier molecular flexibility index (Phi) is 3.42. The van der Waals surface area contributed by atoms with Crippen LogP contribution in [0.15, 0.2) is 30.3 Å². The van der Waals surface area contributed by atoms with Gasteiger partial charge in [0.15, 0.2) is 11.5 Å². The smallest absolute Gasteiger partial charge is 0.269 e. The zero-order valence-corrected chi connectivity index (χ0v) is 13.4. The average Bonchev–Trinajstić information content (AvgIpc) is 2.59. The molecule has 2 aromatic carbocycles. The molecule has 0 aliphatic carbocycles. The fourth-order valence-corrected chi connectivity index (χ4v) is 3.86. The second-order valence-electron chi connectivity index (χ2n) is 6.37. The van der Waals surface area contributed by atoms with Crippen molar-refractivity contribution in [2.75, 3.05) is 13.7 Å². The first kappa shape index (κ1) is 15.0. The van der Waals surface area contributed by atoms with E-state index >= 15 is 0 Å². The number of methoxy groups -OCH3 is 1. The minimum atomic E-state index is -0.345. The lowest BCUT2D eigenvalue weighted by Crippen LogP contribution is -2.39. The number of nitro groups is 1. The molecule has 2 aromatic rings. The van der Waals surface area contributed by atoms with Crippen molar-refractivity contribution < 1.29 is 14.8 Å². The van der Waals surface area contributed by atoms with E-state index in [1.165, 1.54) is 5.56 Å². The van der Waals surface area contributed by atoms with Gasteiger partial charge in [-0.3, -0.25) is 15.0 Å². The van der Waals surface area contributed by atoms with Crippen LogP contribution in [0.2, 0.25) is 0 Å². The number of aromatic hydroxyl groups is 1. The number of benzene rings is 2. The van der Waals surface area contributed by atoms with E-state index in [2.05, 4.69) is 4.90 Å². The van der Waals surface area contributed by atoms with Gasteiger partial charge in [0.25, 0.3) is 5.69 Å². The zero-order valence-electron chi connectivity index (χ0n) is 13.4. The van der Waals surface area contributed by atoms with Crippen LogP contribution in [-0.2, 0) is 19.4 Å². The van der Waals surface area contributed by atoms with E-state index in [4.69, 9.17) is 4.74 Å². The minimum Gasteiger partial charge on any atom is -0.504 e. The van der Waals surface area contributed by atoms with E-state index in [-0.39, 0.29) is 22.4 Å². The Hall–Kier alpha value is -2.60. The van der Waals surface area contributed by atoms with Crippen LogP contribution in [0.4, 0.5) is 5.69 Å². The van der Waals surface area contributed by atoms with Gasteiger partial charge >= 0.3 is 0 Å². The number of hydrogen-bond donors (Lipinski definition) is 1. The molecule has 0 spiro atoms. The molecule has 6 heteroatoms. The highest BCUT2D eigenvalue weighted by atomic mass is 16.6. The van der Waals surface area contributed by atoms with Crippen LogP contribution in [0.1, 0.15) is 28.3 Å². The third-order valence-corrected chi connectivity index (χ3v) is 5.10. The molecule has 2 aliphatic rings. The van der Waals surface area contributed by atoms with Crippen molar-refractivity contribution in [3.8, 4) is 11.5 Å². The predicted octanol–water partition coefficient (Wildman–Crippen LogP) is 2.96. The molecule has 1 unspecified atom stereocenters.